The lowest BCUT2D eigenvalue weighted by molar-refractivity contribution is -0.0115. The molecule has 0 N–H and O–H groups in total. The summed E-state index contributed by atoms with van der Waals surface area (Å²) in [5.41, 5.74) is 0.842. The molecule has 4 rings (SSSR count). The van der Waals surface area contributed by atoms with Gasteiger partial charge in [-0.25, -0.2) is 23.2 Å². The highest BCUT2D eigenvalue weighted by Crippen LogP contribution is 2.20. The number of benzene rings is 1. The molecule has 34 heavy (non-hydrogen) atoms. The Morgan fingerprint density at radius 2 is 1.79 bits per heavy atom. The number of hydrogen-bond donors (Lipinski definition) is 0. The van der Waals surface area contributed by atoms with E-state index in [1.807, 2.05) is 6.92 Å². The van der Waals surface area contributed by atoms with Gasteiger partial charge in [0, 0.05) is 44.8 Å². The lowest BCUT2D eigenvalue weighted by atomic mass is 10.1. The van der Waals surface area contributed by atoms with Gasteiger partial charge >= 0.3 is 6.09 Å². The van der Waals surface area contributed by atoms with Crippen LogP contribution in [0.5, 0.6) is 5.75 Å². The van der Waals surface area contributed by atoms with E-state index in [0.717, 1.165) is 18.4 Å². The fourth-order valence-electron chi connectivity index (χ4n) is 3.96. The van der Waals surface area contributed by atoms with Crippen molar-refractivity contribution in [3.8, 4) is 5.75 Å². The minimum absolute atomic E-state index is 0.0381. The van der Waals surface area contributed by atoms with E-state index in [1.165, 1.54) is 6.26 Å². The number of rotatable bonds is 6. The van der Waals surface area contributed by atoms with E-state index in [-0.39, 0.29) is 29.7 Å². The lowest BCUT2D eigenvalue weighted by Crippen LogP contribution is -2.54. The maximum atomic E-state index is 12.5. The predicted molar refractivity (Wildman–Crippen MR) is 125 cm³/mol. The summed E-state index contributed by atoms with van der Waals surface area (Å²) in [5.74, 6) is 1.09. The van der Waals surface area contributed by atoms with Gasteiger partial charge in [-0.05, 0) is 24.6 Å². The molecule has 0 radical (unpaired) electrons. The molecule has 0 saturated carbocycles. The van der Waals surface area contributed by atoms with E-state index >= 15 is 0 Å². The third kappa shape index (κ3) is 6.15. The molecule has 0 aliphatic carbocycles. The fraction of sp³-hybridized carbons (Fsp3) is 0.522. The summed E-state index contributed by atoms with van der Waals surface area (Å²) < 4.78 is 39.8. The summed E-state index contributed by atoms with van der Waals surface area (Å²) in [5, 5.41) is 0. The van der Waals surface area contributed by atoms with Crippen molar-refractivity contribution in [1.82, 2.24) is 14.9 Å². The number of anilines is 1. The lowest BCUT2D eigenvalue weighted by Gasteiger charge is -2.39. The first-order chi connectivity index (χ1) is 16.3. The third-order valence-corrected chi connectivity index (χ3v) is 7.08. The summed E-state index contributed by atoms with van der Waals surface area (Å²) in [6.45, 7) is 5.25. The Morgan fingerprint density at radius 3 is 2.41 bits per heavy atom. The molecule has 2 fully saturated rings. The number of amides is 1. The molecule has 2 saturated heterocycles. The van der Waals surface area contributed by atoms with Gasteiger partial charge in [-0.3, -0.25) is 0 Å². The van der Waals surface area contributed by atoms with Crippen LogP contribution in [0.4, 0.5) is 10.7 Å². The van der Waals surface area contributed by atoms with Crippen LogP contribution in [0.3, 0.4) is 0 Å². The van der Waals surface area contributed by atoms with E-state index in [1.54, 1.807) is 41.6 Å². The molecule has 1 atom stereocenters. The van der Waals surface area contributed by atoms with Crippen LogP contribution in [0.1, 0.15) is 25.3 Å². The fourth-order valence-corrected chi connectivity index (χ4v) is 4.59. The van der Waals surface area contributed by atoms with Crippen molar-refractivity contribution >= 4 is 21.9 Å². The van der Waals surface area contributed by atoms with Crippen LogP contribution in [-0.2, 0) is 25.9 Å². The van der Waals surface area contributed by atoms with Crippen molar-refractivity contribution < 1.29 is 27.4 Å². The van der Waals surface area contributed by atoms with Crippen molar-refractivity contribution in [3.63, 3.8) is 0 Å². The van der Waals surface area contributed by atoms with Crippen LogP contribution in [0.2, 0.25) is 0 Å². The van der Waals surface area contributed by atoms with E-state index in [0.29, 0.717) is 44.5 Å². The number of aromatic nitrogens is 2. The van der Waals surface area contributed by atoms with Gasteiger partial charge in [-0.1, -0.05) is 12.1 Å². The number of nitrogens with zero attached hydrogens (tertiary/aromatic N) is 4. The van der Waals surface area contributed by atoms with Gasteiger partial charge in [-0.2, -0.15) is 0 Å². The molecule has 2 aromatic rings. The highest BCUT2D eigenvalue weighted by molar-refractivity contribution is 7.90. The third-order valence-electron chi connectivity index (χ3n) is 5.95. The SMILES string of the molecule is C[C@@H]1CN(C(=O)OC2CCOCC2)CCN1c1ncc(OCc2ccc(S(C)(=O)=O)cc2)cn1. The van der Waals surface area contributed by atoms with Gasteiger partial charge in [0.25, 0.3) is 0 Å². The average Bonchev–Trinajstić information content (AvgIpc) is 2.83. The highest BCUT2D eigenvalue weighted by Gasteiger charge is 2.30. The average molecular weight is 491 g/mol. The van der Waals surface area contributed by atoms with Crippen LogP contribution in [0, 0.1) is 0 Å². The van der Waals surface area contributed by atoms with E-state index in [9.17, 15) is 13.2 Å². The Labute approximate surface area is 199 Å². The van der Waals surface area contributed by atoms with Crippen LogP contribution in [-0.4, -0.2) is 80.6 Å². The topological polar surface area (TPSA) is 111 Å². The standard InChI is InChI=1S/C23H30N4O6S/c1-17-15-26(23(28)33-19-7-11-31-12-8-19)9-10-27(17)22-24-13-20(14-25-22)32-16-18-3-5-21(6-4-18)34(2,29)30/h3-6,13-14,17,19H,7-12,15-16H2,1-2H3/t17-/m1/s1. The number of carbonyl (C=O) groups excluding carboxylic acids is 1. The van der Waals surface area contributed by atoms with E-state index in [4.69, 9.17) is 14.2 Å². The molecule has 0 unspecified atom stereocenters. The minimum atomic E-state index is -3.22. The van der Waals surface area contributed by atoms with Crippen LogP contribution >= 0.6 is 0 Å². The Bertz CT molecular complexity index is 1070. The molecule has 0 bridgehead atoms. The summed E-state index contributed by atoms with van der Waals surface area (Å²) in [7, 11) is -3.22. The van der Waals surface area contributed by atoms with Crippen LogP contribution in [0.15, 0.2) is 41.6 Å². The second-order valence-electron chi connectivity index (χ2n) is 8.61. The summed E-state index contributed by atoms with van der Waals surface area (Å²) in [6.07, 6.45) is 5.56. The van der Waals surface area contributed by atoms with Gasteiger partial charge in [0.15, 0.2) is 15.6 Å². The molecule has 2 aliphatic heterocycles. The predicted octanol–water partition coefficient (Wildman–Crippen LogP) is 2.29. The molecule has 11 heteroatoms. The summed E-state index contributed by atoms with van der Waals surface area (Å²) in [4.78, 5) is 25.5. The van der Waals surface area contributed by atoms with Gasteiger partial charge in [-0.15, -0.1) is 0 Å². The maximum absolute atomic E-state index is 12.5. The molecule has 0 spiro atoms. The zero-order valence-electron chi connectivity index (χ0n) is 19.4. The smallest absolute Gasteiger partial charge is 0.410 e. The first-order valence-electron chi connectivity index (χ1n) is 11.3. The first kappa shape index (κ1) is 24.2. The van der Waals surface area contributed by atoms with Crippen LogP contribution in [0.25, 0.3) is 0 Å². The molecule has 1 amide bonds. The molecular formula is C23H30N4O6S. The highest BCUT2D eigenvalue weighted by atomic mass is 32.2. The van der Waals surface area contributed by atoms with E-state index in [2.05, 4.69) is 14.9 Å². The summed E-state index contributed by atoms with van der Waals surface area (Å²) in [6, 6.07) is 6.61. The number of hydrogen-bond acceptors (Lipinski definition) is 9. The van der Waals surface area contributed by atoms with Gasteiger partial charge in [0.2, 0.25) is 5.95 Å². The Balaban J connectivity index is 1.27. The number of ether oxygens (including phenoxy) is 3. The van der Waals surface area contributed by atoms with Crippen molar-refractivity contribution in [2.24, 2.45) is 0 Å². The van der Waals surface area contributed by atoms with Gasteiger partial charge in [0.05, 0.1) is 30.5 Å². The van der Waals surface area contributed by atoms with Crippen molar-refractivity contribution in [1.29, 1.82) is 0 Å². The second kappa shape index (κ2) is 10.6. The summed E-state index contributed by atoms with van der Waals surface area (Å²) >= 11 is 0. The van der Waals surface area contributed by atoms with Crippen molar-refractivity contribution in [2.75, 3.05) is 44.0 Å². The molecular weight excluding hydrogens is 460 g/mol. The van der Waals surface area contributed by atoms with Gasteiger partial charge < -0.3 is 24.0 Å². The van der Waals surface area contributed by atoms with Crippen molar-refractivity contribution in [3.05, 3.63) is 42.2 Å². The molecule has 2 aliphatic rings. The molecule has 3 heterocycles. The Hall–Kier alpha value is -2.92. The largest absolute Gasteiger partial charge is 0.486 e. The maximum Gasteiger partial charge on any atom is 0.410 e. The molecule has 10 nitrogen and oxygen atoms in total. The Morgan fingerprint density at radius 1 is 1.12 bits per heavy atom. The zero-order chi connectivity index (χ0) is 24.1. The molecule has 1 aromatic carbocycles. The zero-order valence-corrected chi connectivity index (χ0v) is 20.2. The van der Waals surface area contributed by atoms with Crippen LogP contribution < -0.4 is 9.64 Å². The molecule has 1 aromatic heterocycles. The normalized spacial score (nSPS) is 19.6. The molecule has 184 valence electrons. The number of sulfone groups is 1. The minimum Gasteiger partial charge on any atom is -0.486 e. The first-order valence-corrected chi connectivity index (χ1v) is 13.2. The van der Waals surface area contributed by atoms with Crippen molar-refractivity contribution in [2.45, 2.75) is 43.4 Å². The Kier molecular flexibility index (Phi) is 7.52. The van der Waals surface area contributed by atoms with E-state index < -0.39 is 9.84 Å². The quantitative estimate of drug-likeness (QED) is 0.602. The monoisotopic (exact) mass is 490 g/mol. The second-order valence-corrected chi connectivity index (χ2v) is 10.6. The number of carbonyl (C=O) groups is 1. The number of piperazine rings is 1. The van der Waals surface area contributed by atoms with Gasteiger partial charge in [0.1, 0.15) is 12.7 Å².